The van der Waals surface area contributed by atoms with E-state index < -0.39 is 0 Å². The van der Waals surface area contributed by atoms with Crippen LogP contribution in [0.2, 0.25) is 0 Å². The Morgan fingerprint density at radius 3 is 2.92 bits per heavy atom. The van der Waals surface area contributed by atoms with Crippen molar-refractivity contribution in [1.82, 2.24) is 15.2 Å². The monoisotopic (exact) mass is 341 g/mol. The van der Waals surface area contributed by atoms with Crippen molar-refractivity contribution >= 4 is 11.8 Å². The lowest BCUT2D eigenvalue weighted by molar-refractivity contribution is -0.127. The lowest BCUT2D eigenvalue weighted by Gasteiger charge is -2.17. The van der Waals surface area contributed by atoms with Gasteiger partial charge in [0.15, 0.2) is 12.1 Å². The van der Waals surface area contributed by atoms with Gasteiger partial charge in [-0.3, -0.25) is 9.59 Å². The second kappa shape index (κ2) is 7.96. The molecule has 1 aliphatic heterocycles. The van der Waals surface area contributed by atoms with E-state index in [9.17, 15) is 9.59 Å². The fourth-order valence-electron chi connectivity index (χ4n) is 3.16. The average Bonchev–Trinajstić information content (AvgIpc) is 3.22. The van der Waals surface area contributed by atoms with Crippen LogP contribution in [-0.2, 0) is 17.6 Å². The number of amides is 2. The minimum absolute atomic E-state index is 0.0919. The Bertz CT molecular complexity index is 727. The van der Waals surface area contributed by atoms with Crippen molar-refractivity contribution in [3.05, 3.63) is 53.7 Å². The lowest BCUT2D eigenvalue weighted by Crippen LogP contribution is -2.37. The second-order valence-corrected chi connectivity index (χ2v) is 6.28. The largest absolute Gasteiger partial charge is 0.448 e. The zero-order valence-electron chi connectivity index (χ0n) is 14.4. The number of oxazole rings is 1. The molecule has 0 saturated carbocycles. The van der Waals surface area contributed by atoms with Crippen LogP contribution in [0, 0.1) is 0 Å². The van der Waals surface area contributed by atoms with E-state index >= 15 is 0 Å². The standard InChI is InChI=1S/C19H23N3O3/c1-2-16-18(20-13-25-16)19(24)21-15-11-17(23)22(12-15)10-6-9-14-7-4-3-5-8-14/h3-5,7-8,13,15H,2,6,9-12H2,1H3,(H,21,24)/t15-/m1/s1. The molecular formula is C19H23N3O3. The van der Waals surface area contributed by atoms with Gasteiger partial charge in [-0.15, -0.1) is 0 Å². The smallest absolute Gasteiger partial charge is 0.273 e. The third-order valence-corrected chi connectivity index (χ3v) is 4.46. The Morgan fingerprint density at radius 2 is 2.16 bits per heavy atom. The number of nitrogens with zero attached hydrogens (tertiary/aromatic N) is 2. The highest BCUT2D eigenvalue weighted by molar-refractivity contribution is 5.94. The number of carbonyl (C=O) groups is 2. The van der Waals surface area contributed by atoms with Crippen molar-refractivity contribution in [1.29, 1.82) is 0 Å². The molecule has 1 aromatic heterocycles. The zero-order chi connectivity index (χ0) is 17.6. The van der Waals surface area contributed by atoms with E-state index in [1.165, 1.54) is 12.0 Å². The third-order valence-electron chi connectivity index (χ3n) is 4.46. The molecule has 0 aliphatic carbocycles. The number of nitrogens with one attached hydrogen (secondary N) is 1. The maximum atomic E-state index is 12.3. The quantitative estimate of drug-likeness (QED) is 0.838. The van der Waals surface area contributed by atoms with E-state index in [2.05, 4.69) is 22.4 Å². The van der Waals surface area contributed by atoms with Crippen LogP contribution in [0.5, 0.6) is 0 Å². The first-order chi connectivity index (χ1) is 12.2. The Labute approximate surface area is 147 Å². The first-order valence-electron chi connectivity index (χ1n) is 8.72. The molecule has 0 unspecified atom stereocenters. The highest BCUT2D eigenvalue weighted by atomic mass is 16.3. The first-order valence-corrected chi connectivity index (χ1v) is 8.72. The molecule has 1 saturated heterocycles. The molecule has 0 bridgehead atoms. The number of hydrogen-bond acceptors (Lipinski definition) is 4. The molecule has 3 rings (SSSR count). The summed E-state index contributed by atoms with van der Waals surface area (Å²) < 4.78 is 5.19. The van der Waals surface area contributed by atoms with Gasteiger partial charge in [0.2, 0.25) is 5.91 Å². The van der Waals surface area contributed by atoms with E-state index in [-0.39, 0.29) is 17.9 Å². The van der Waals surface area contributed by atoms with Crippen molar-refractivity contribution in [3.8, 4) is 0 Å². The number of carbonyl (C=O) groups excluding carboxylic acids is 2. The molecule has 0 radical (unpaired) electrons. The van der Waals surface area contributed by atoms with Crippen LogP contribution < -0.4 is 5.32 Å². The summed E-state index contributed by atoms with van der Waals surface area (Å²) in [5, 5.41) is 2.90. The predicted molar refractivity (Wildman–Crippen MR) is 93.1 cm³/mol. The summed E-state index contributed by atoms with van der Waals surface area (Å²) in [4.78, 5) is 30.3. The summed E-state index contributed by atoms with van der Waals surface area (Å²) in [6.07, 6.45) is 4.10. The van der Waals surface area contributed by atoms with Gasteiger partial charge >= 0.3 is 0 Å². The van der Waals surface area contributed by atoms with Crippen molar-refractivity contribution in [2.75, 3.05) is 13.1 Å². The Balaban J connectivity index is 1.48. The van der Waals surface area contributed by atoms with E-state index in [1.54, 1.807) is 0 Å². The highest BCUT2D eigenvalue weighted by Gasteiger charge is 2.31. The molecule has 1 atom stereocenters. The van der Waals surface area contributed by atoms with Gasteiger partial charge in [-0.25, -0.2) is 4.98 Å². The number of rotatable bonds is 7. The van der Waals surface area contributed by atoms with Crippen LogP contribution >= 0.6 is 0 Å². The summed E-state index contributed by atoms with van der Waals surface area (Å²) in [6.45, 7) is 3.17. The van der Waals surface area contributed by atoms with Gasteiger partial charge in [-0.05, 0) is 18.4 Å². The number of benzene rings is 1. The maximum absolute atomic E-state index is 12.3. The van der Waals surface area contributed by atoms with Crippen LogP contribution in [0.1, 0.15) is 41.6 Å². The van der Waals surface area contributed by atoms with Gasteiger partial charge in [0.1, 0.15) is 5.76 Å². The van der Waals surface area contributed by atoms with Crippen LogP contribution in [0.25, 0.3) is 0 Å². The minimum atomic E-state index is -0.269. The molecule has 6 nitrogen and oxygen atoms in total. The molecule has 1 N–H and O–H groups in total. The van der Waals surface area contributed by atoms with Gasteiger partial charge in [-0.1, -0.05) is 37.3 Å². The molecule has 2 amide bonds. The van der Waals surface area contributed by atoms with Crippen molar-refractivity contribution < 1.29 is 14.0 Å². The number of likely N-dealkylation sites (tertiary alicyclic amines) is 1. The summed E-state index contributed by atoms with van der Waals surface area (Å²) in [5.74, 6) is 0.394. The molecule has 6 heteroatoms. The summed E-state index contributed by atoms with van der Waals surface area (Å²) in [6, 6.07) is 10.1. The van der Waals surface area contributed by atoms with Crippen LogP contribution in [0.3, 0.4) is 0 Å². The van der Waals surface area contributed by atoms with E-state index in [0.717, 1.165) is 12.8 Å². The SMILES string of the molecule is CCc1ocnc1C(=O)N[C@@H]1CC(=O)N(CCCc2ccccc2)C1. The van der Waals surface area contributed by atoms with Crippen molar-refractivity contribution in [2.24, 2.45) is 0 Å². The number of aromatic nitrogens is 1. The van der Waals surface area contributed by atoms with Crippen LogP contribution in [-0.4, -0.2) is 40.8 Å². The second-order valence-electron chi connectivity index (χ2n) is 6.28. The lowest BCUT2D eigenvalue weighted by atomic mass is 10.1. The molecular weight excluding hydrogens is 318 g/mol. The van der Waals surface area contributed by atoms with Crippen LogP contribution in [0.15, 0.2) is 41.1 Å². The first kappa shape index (κ1) is 17.2. The van der Waals surface area contributed by atoms with Gasteiger partial charge in [0.05, 0.1) is 6.04 Å². The van der Waals surface area contributed by atoms with Gasteiger partial charge < -0.3 is 14.6 Å². The summed E-state index contributed by atoms with van der Waals surface area (Å²) in [5.41, 5.74) is 1.59. The fourth-order valence-corrected chi connectivity index (χ4v) is 3.16. The fraction of sp³-hybridized carbons (Fsp3) is 0.421. The molecule has 25 heavy (non-hydrogen) atoms. The molecule has 1 aromatic carbocycles. The van der Waals surface area contributed by atoms with Gasteiger partial charge in [0.25, 0.3) is 5.91 Å². The number of aryl methyl sites for hydroxylation is 2. The molecule has 132 valence electrons. The summed E-state index contributed by atoms with van der Waals surface area (Å²) >= 11 is 0. The van der Waals surface area contributed by atoms with Crippen molar-refractivity contribution in [2.45, 2.75) is 38.6 Å². The van der Waals surface area contributed by atoms with E-state index in [0.29, 0.717) is 37.4 Å². The van der Waals surface area contributed by atoms with Gasteiger partial charge in [-0.2, -0.15) is 0 Å². The van der Waals surface area contributed by atoms with Crippen LogP contribution in [0.4, 0.5) is 0 Å². The predicted octanol–water partition coefficient (Wildman–Crippen LogP) is 2.20. The Morgan fingerprint density at radius 1 is 1.36 bits per heavy atom. The highest BCUT2D eigenvalue weighted by Crippen LogP contribution is 2.14. The third kappa shape index (κ3) is 4.26. The average molecular weight is 341 g/mol. The Hall–Kier alpha value is -2.63. The molecule has 1 aliphatic rings. The van der Waals surface area contributed by atoms with Crippen molar-refractivity contribution in [3.63, 3.8) is 0 Å². The topological polar surface area (TPSA) is 75.4 Å². The number of hydrogen-bond donors (Lipinski definition) is 1. The summed E-state index contributed by atoms with van der Waals surface area (Å²) in [7, 11) is 0. The molecule has 2 heterocycles. The molecule has 0 spiro atoms. The maximum Gasteiger partial charge on any atom is 0.273 e. The normalized spacial score (nSPS) is 17.1. The minimum Gasteiger partial charge on any atom is -0.448 e. The van der Waals surface area contributed by atoms with Gasteiger partial charge in [0, 0.05) is 25.9 Å². The molecule has 2 aromatic rings. The molecule has 1 fully saturated rings. The van der Waals surface area contributed by atoms with E-state index in [1.807, 2.05) is 30.0 Å². The Kier molecular flexibility index (Phi) is 5.48. The zero-order valence-corrected chi connectivity index (χ0v) is 14.4. The van der Waals surface area contributed by atoms with E-state index in [4.69, 9.17) is 4.42 Å².